The van der Waals surface area contributed by atoms with Crippen molar-refractivity contribution in [3.05, 3.63) is 126 Å². The monoisotopic (exact) mass is 406 g/mol. The maximum absolute atomic E-state index is 8.98. The first-order valence-corrected chi connectivity index (χ1v) is 12.3. The summed E-state index contributed by atoms with van der Waals surface area (Å²) in [7, 11) is -1.89. The van der Waals surface area contributed by atoms with E-state index in [4.69, 9.17) is 5.26 Å². The Hall–Kier alpha value is -3.20. The van der Waals surface area contributed by atoms with Gasteiger partial charge < -0.3 is 0 Å². The Morgan fingerprint density at radius 1 is 0.567 bits per heavy atom. The Kier molecular flexibility index (Phi) is 6.38. The molecule has 0 N–H and O–H groups in total. The van der Waals surface area contributed by atoms with Gasteiger partial charge in [0.05, 0.1) is 12.2 Å². The van der Waals surface area contributed by atoms with Crippen LogP contribution in [0.1, 0.15) is 17.5 Å². The van der Waals surface area contributed by atoms with Gasteiger partial charge in [0.2, 0.25) is 0 Å². The van der Waals surface area contributed by atoms with Gasteiger partial charge in [-0.15, -0.1) is 0 Å². The average Bonchev–Trinajstić information content (AvgIpc) is 2.83. The maximum atomic E-state index is 8.98. The largest absolute Gasteiger partial charge is 0.198 e. The Bertz CT molecular complexity index is 1020. The fraction of sp³-hybridized carbons (Fsp3) is 0.107. The Balaban J connectivity index is 1.91. The van der Waals surface area contributed by atoms with Crippen LogP contribution in [-0.2, 0) is 12.6 Å². The van der Waals surface area contributed by atoms with Gasteiger partial charge in [0, 0.05) is 6.42 Å². The molecule has 0 spiro atoms. The van der Waals surface area contributed by atoms with Crippen molar-refractivity contribution < 1.29 is 0 Å². The lowest BCUT2D eigenvalue weighted by atomic mass is 10.1. The van der Waals surface area contributed by atoms with Gasteiger partial charge >= 0.3 is 0 Å². The van der Waals surface area contributed by atoms with E-state index < -0.39 is 7.26 Å². The molecule has 0 amide bonds. The molecule has 0 heterocycles. The highest BCUT2D eigenvalue weighted by Crippen LogP contribution is 2.58. The third-order valence-corrected chi connectivity index (χ3v) is 9.91. The third kappa shape index (κ3) is 4.20. The van der Waals surface area contributed by atoms with E-state index in [0.717, 1.165) is 12.6 Å². The minimum Gasteiger partial charge on any atom is -0.198 e. The van der Waals surface area contributed by atoms with Crippen LogP contribution in [0.15, 0.2) is 115 Å². The Morgan fingerprint density at radius 2 is 1.03 bits per heavy atom. The van der Waals surface area contributed by atoms with Gasteiger partial charge in [0.1, 0.15) is 23.2 Å². The molecular weight excluding hydrogens is 381 g/mol. The van der Waals surface area contributed by atoms with Gasteiger partial charge in [-0.1, -0.05) is 78.9 Å². The molecule has 0 atom stereocenters. The number of hydrogen-bond acceptors (Lipinski definition) is 1. The number of rotatable bonds is 7. The van der Waals surface area contributed by atoms with Crippen LogP contribution in [0.2, 0.25) is 0 Å². The summed E-state index contributed by atoms with van der Waals surface area (Å²) in [5.74, 6) is 0. The Morgan fingerprint density at radius 3 is 1.50 bits per heavy atom. The van der Waals surface area contributed by atoms with E-state index in [2.05, 4.69) is 121 Å². The molecule has 0 aliphatic heterocycles. The number of benzene rings is 4. The first-order valence-electron chi connectivity index (χ1n) is 10.3. The summed E-state index contributed by atoms with van der Waals surface area (Å²) in [6.45, 7) is 0. The molecule has 0 fully saturated rings. The summed E-state index contributed by atoms with van der Waals surface area (Å²) in [5.41, 5.74) is 2.57. The standard InChI is InChI=1S/C28H25NP/c29-21-11-14-24-12-10-13-25(22-24)23-30(26-15-4-1-5-16-26,27-17-6-2-7-18-27)28-19-8-3-9-20-28/h1-10,12-13,15-20,22H,11,14,23H2/q+1. The van der Waals surface area contributed by atoms with Crippen molar-refractivity contribution in [2.45, 2.75) is 19.0 Å². The number of hydrogen-bond donors (Lipinski definition) is 0. The van der Waals surface area contributed by atoms with E-state index >= 15 is 0 Å². The zero-order chi connectivity index (χ0) is 20.7. The van der Waals surface area contributed by atoms with Crippen LogP contribution in [-0.4, -0.2) is 0 Å². The number of nitrogens with zero attached hydrogens (tertiary/aromatic N) is 1. The molecule has 0 radical (unpaired) electrons. The van der Waals surface area contributed by atoms with Crippen LogP contribution in [0.3, 0.4) is 0 Å². The second-order valence-electron chi connectivity index (χ2n) is 7.45. The molecule has 4 aromatic carbocycles. The van der Waals surface area contributed by atoms with Crippen LogP contribution in [0.4, 0.5) is 0 Å². The van der Waals surface area contributed by atoms with E-state index in [1.54, 1.807) is 0 Å². The molecule has 0 aliphatic rings. The minimum atomic E-state index is -1.89. The highest BCUT2D eigenvalue weighted by molar-refractivity contribution is 7.95. The second kappa shape index (κ2) is 9.53. The maximum Gasteiger partial charge on any atom is 0.116 e. The van der Waals surface area contributed by atoms with Gasteiger partial charge in [-0.3, -0.25) is 0 Å². The molecule has 0 aliphatic carbocycles. The molecule has 4 aromatic rings. The van der Waals surface area contributed by atoms with Crippen LogP contribution >= 0.6 is 7.26 Å². The molecule has 0 aromatic heterocycles. The first kappa shape index (κ1) is 20.1. The molecule has 0 bridgehead atoms. The molecular formula is C28H25NP+. The molecule has 0 saturated carbocycles. The van der Waals surface area contributed by atoms with Crippen LogP contribution in [0.25, 0.3) is 0 Å². The van der Waals surface area contributed by atoms with E-state index in [0.29, 0.717) is 6.42 Å². The minimum absolute atomic E-state index is 0.555. The predicted octanol–water partition coefficient (Wildman–Crippen LogP) is 5.64. The van der Waals surface area contributed by atoms with Crippen molar-refractivity contribution in [1.82, 2.24) is 0 Å². The molecule has 30 heavy (non-hydrogen) atoms. The van der Waals surface area contributed by atoms with Gasteiger partial charge in [-0.2, -0.15) is 5.26 Å². The summed E-state index contributed by atoms with van der Waals surface area (Å²) in [5, 5.41) is 13.2. The SMILES string of the molecule is N#CCCc1cccc(C[P+](c2ccccc2)(c2ccccc2)c2ccccc2)c1. The van der Waals surface area contributed by atoms with Crippen molar-refractivity contribution in [2.75, 3.05) is 0 Å². The summed E-state index contributed by atoms with van der Waals surface area (Å²) < 4.78 is 0. The van der Waals surface area contributed by atoms with Crippen molar-refractivity contribution in [3.8, 4) is 6.07 Å². The smallest absolute Gasteiger partial charge is 0.116 e. The molecule has 0 saturated heterocycles. The van der Waals surface area contributed by atoms with E-state index in [1.807, 2.05) is 0 Å². The normalized spacial score (nSPS) is 11.0. The molecule has 1 nitrogen and oxygen atoms in total. The van der Waals surface area contributed by atoms with Gasteiger partial charge in [-0.25, -0.2) is 0 Å². The zero-order valence-electron chi connectivity index (χ0n) is 17.0. The summed E-state index contributed by atoms with van der Waals surface area (Å²) >= 11 is 0. The molecule has 2 heteroatoms. The van der Waals surface area contributed by atoms with Gasteiger partial charge in [0.15, 0.2) is 0 Å². The summed E-state index contributed by atoms with van der Waals surface area (Å²) in [6.07, 6.45) is 2.32. The first-order chi connectivity index (χ1) is 14.8. The van der Waals surface area contributed by atoms with Crippen molar-refractivity contribution >= 4 is 23.2 Å². The lowest BCUT2D eigenvalue weighted by Gasteiger charge is -2.28. The quantitative estimate of drug-likeness (QED) is 0.365. The number of aryl methyl sites for hydroxylation is 1. The molecule has 0 unspecified atom stereocenters. The number of nitriles is 1. The molecule has 146 valence electrons. The van der Waals surface area contributed by atoms with Crippen molar-refractivity contribution in [2.24, 2.45) is 0 Å². The van der Waals surface area contributed by atoms with Crippen LogP contribution in [0.5, 0.6) is 0 Å². The van der Waals surface area contributed by atoms with Crippen LogP contribution < -0.4 is 15.9 Å². The topological polar surface area (TPSA) is 23.8 Å². The highest BCUT2D eigenvalue weighted by Gasteiger charge is 2.45. The fourth-order valence-corrected chi connectivity index (χ4v) is 8.36. The van der Waals surface area contributed by atoms with Gasteiger partial charge in [-0.05, 0) is 53.9 Å². The van der Waals surface area contributed by atoms with Crippen molar-refractivity contribution in [1.29, 1.82) is 5.26 Å². The lowest BCUT2D eigenvalue weighted by Crippen LogP contribution is -2.32. The molecule has 4 rings (SSSR count). The summed E-state index contributed by atoms with van der Waals surface area (Å²) in [6, 6.07) is 44.0. The Labute approximate surface area is 180 Å². The van der Waals surface area contributed by atoms with Crippen molar-refractivity contribution in [3.63, 3.8) is 0 Å². The van der Waals surface area contributed by atoms with Gasteiger partial charge in [0.25, 0.3) is 0 Å². The zero-order valence-corrected chi connectivity index (χ0v) is 17.9. The van der Waals surface area contributed by atoms with E-state index in [9.17, 15) is 0 Å². The van der Waals surface area contributed by atoms with Crippen LogP contribution in [0, 0.1) is 11.3 Å². The second-order valence-corrected chi connectivity index (χ2v) is 10.9. The fourth-order valence-electron chi connectivity index (χ4n) is 4.13. The van der Waals surface area contributed by atoms with E-state index in [-0.39, 0.29) is 0 Å². The van der Waals surface area contributed by atoms with E-state index in [1.165, 1.54) is 27.0 Å². The lowest BCUT2D eigenvalue weighted by molar-refractivity contribution is 1.01. The third-order valence-electron chi connectivity index (χ3n) is 5.53. The summed E-state index contributed by atoms with van der Waals surface area (Å²) in [4.78, 5) is 0. The average molecular weight is 406 g/mol. The predicted molar refractivity (Wildman–Crippen MR) is 129 cm³/mol. The highest BCUT2D eigenvalue weighted by atomic mass is 31.2.